The first-order chi connectivity index (χ1) is 8.29. The van der Waals surface area contributed by atoms with Crippen LogP contribution in [0.3, 0.4) is 0 Å². The maximum atomic E-state index is 12.0. The summed E-state index contributed by atoms with van der Waals surface area (Å²) >= 11 is 1.61. The van der Waals surface area contributed by atoms with Crippen molar-refractivity contribution in [1.82, 2.24) is 10.2 Å². The molecule has 1 aromatic carbocycles. The second-order valence-corrected chi connectivity index (χ2v) is 5.26. The summed E-state index contributed by atoms with van der Waals surface area (Å²) in [6.07, 6.45) is 1.07. The fraction of sp³-hybridized carbons (Fsp3) is 0.462. The molecule has 2 rings (SSSR count). The van der Waals surface area contributed by atoms with Crippen LogP contribution >= 0.6 is 24.2 Å². The molecule has 1 N–H and O–H groups in total. The largest absolute Gasteiger partial charge is 0.340 e. The van der Waals surface area contributed by atoms with Crippen LogP contribution in [0.15, 0.2) is 35.2 Å². The summed E-state index contributed by atoms with van der Waals surface area (Å²) in [7, 11) is 1.96. The lowest BCUT2D eigenvalue weighted by Gasteiger charge is -2.16. The van der Waals surface area contributed by atoms with Crippen LogP contribution in [0.25, 0.3) is 0 Å². The molecule has 1 heterocycles. The Morgan fingerprint density at radius 3 is 2.78 bits per heavy atom. The van der Waals surface area contributed by atoms with Crippen molar-refractivity contribution in [3.05, 3.63) is 30.3 Å². The highest BCUT2D eigenvalue weighted by atomic mass is 35.5. The molecule has 0 radical (unpaired) electrons. The summed E-state index contributed by atoms with van der Waals surface area (Å²) in [4.78, 5) is 15.1. The van der Waals surface area contributed by atoms with Gasteiger partial charge in [0.05, 0.1) is 5.75 Å². The van der Waals surface area contributed by atoms with Gasteiger partial charge in [0.25, 0.3) is 0 Å². The van der Waals surface area contributed by atoms with Crippen LogP contribution in [0, 0.1) is 0 Å². The SMILES string of the molecule is CNC1CCN(C(=O)CSc2ccccc2)C1.Cl. The summed E-state index contributed by atoms with van der Waals surface area (Å²) in [5.41, 5.74) is 0. The Morgan fingerprint density at radius 1 is 1.44 bits per heavy atom. The molecule has 0 aliphatic carbocycles. The molecule has 0 bridgehead atoms. The van der Waals surface area contributed by atoms with Crippen LogP contribution in [0.1, 0.15) is 6.42 Å². The summed E-state index contributed by atoms with van der Waals surface area (Å²) in [6, 6.07) is 10.5. The number of rotatable bonds is 4. The zero-order valence-electron chi connectivity index (χ0n) is 10.5. The first-order valence-corrected chi connectivity index (χ1v) is 6.91. The van der Waals surface area contributed by atoms with Crippen molar-refractivity contribution in [3.8, 4) is 0 Å². The molecule has 0 spiro atoms. The van der Waals surface area contributed by atoms with Crippen molar-refractivity contribution in [1.29, 1.82) is 0 Å². The Balaban J connectivity index is 0.00000162. The monoisotopic (exact) mass is 286 g/mol. The fourth-order valence-electron chi connectivity index (χ4n) is 1.98. The molecule has 3 nitrogen and oxygen atoms in total. The van der Waals surface area contributed by atoms with Gasteiger partial charge in [-0.15, -0.1) is 24.2 Å². The van der Waals surface area contributed by atoms with E-state index in [-0.39, 0.29) is 18.3 Å². The number of halogens is 1. The van der Waals surface area contributed by atoms with Gasteiger partial charge in [-0.1, -0.05) is 18.2 Å². The third kappa shape index (κ3) is 4.19. The summed E-state index contributed by atoms with van der Waals surface area (Å²) in [6.45, 7) is 1.74. The summed E-state index contributed by atoms with van der Waals surface area (Å²) in [5, 5.41) is 3.22. The number of likely N-dealkylation sites (N-methyl/N-ethyl adjacent to an activating group) is 1. The van der Waals surface area contributed by atoms with Gasteiger partial charge in [-0.25, -0.2) is 0 Å². The molecule has 5 heteroatoms. The number of likely N-dealkylation sites (tertiary alicyclic amines) is 1. The summed E-state index contributed by atoms with van der Waals surface area (Å²) < 4.78 is 0. The normalized spacial score (nSPS) is 18.5. The fourth-order valence-corrected chi connectivity index (χ4v) is 2.80. The maximum absolute atomic E-state index is 12.0. The van der Waals surface area contributed by atoms with Gasteiger partial charge in [0.15, 0.2) is 0 Å². The number of carbonyl (C=O) groups is 1. The number of nitrogens with zero attached hydrogens (tertiary/aromatic N) is 1. The van der Waals surface area contributed by atoms with E-state index in [9.17, 15) is 4.79 Å². The van der Waals surface area contributed by atoms with Crippen LogP contribution in [0.2, 0.25) is 0 Å². The van der Waals surface area contributed by atoms with Crippen molar-refractivity contribution in [2.75, 3.05) is 25.9 Å². The number of amides is 1. The van der Waals surface area contributed by atoms with E-state index >= 15 is 0 Å². The average Bonchev–Trinajstić information content (AvgIpc) is 2.86. The predicted molar refractivity (Wildman–Crippen MR) is 78.5 cm³/mol. The molecule has 100 valence electrons. The third-order valence-electron chi connectivity index (χ3n) is 3.05. The second-order valence-electron chi connectivity index (χ2n) is 4.22. The first kappa shape index (κ1) is 15.3. The Labute approximate surface area is 119 Å². The third-order valence-corrected chi connectivity index (χ3v) is 4.05. The molecule has 1 aliphatic heterocycles. The van der Waals surface area contributed by atoms with Crippen molar-refractivity contribution < 1.29 is 4.79 Å². The maximum Gasteiger partial charge on any atom is 0.232 e. The van der Waals surface area contributed by atoms with Crippen LogP contribution < -0.4 is 5.32 Å². The van der Waals surface area contributed by atoms with Crippen molar-refractivity contribution >= 4 is 30.1 Å². The molecule has 0 saturated carbocycles. The Kier molecular flexibility index (Phi) is 6.54. The minimum Gasteiger partial charge on any atom is -0.340 e. The minimum absolute atomic E-state index is 0. The van der Waals surface area contributed by atoms with Gasteiger partial charge in [-0.2, -0.15) is 0 Å². The lowest BCUT2D eigenvalue weighted by Crippen LogP contribution is -2.34. The molecule has 1 aromatic rings. The highest BCUT2D eigenvalue weighted by Crippen LogP contribution is 2.18. The Bertz CT molecular complexity index is 375. The van der Waals surface area contributed by atoms with Gasteiger partial charge in [-0.3, -0.25) is 4.79 Å². The number of hydrogen-bond donors (Lipinski definition) is 1. The molecule has 1 amide bonds. The van der Waals surface area contributed by atoms with E-state index in [1.807, 2.05) is 42.3 Å². The van der Waals surface area contributed by atoms with Gasteiger partial charge in [-0.05, 0) is 25.6 Å². The smallest absolute Gasteiger partial charge is 0.232 e. The number of hydrogen-bond acceptors (Lipinski definition) is 3. The lowest BCUT2D eigenvalue weighted by atomic mass is 10.3. The molecular weight excluding hydrogens is 268 g/mol. The summed E-state index contributed by atoms with van der Waals surface area (Å²) in [5.74, 6) is 0.789. The number of carbonyl (C=O) groups excluding carboxylic acids is 1. The molecule has 1 fully saturated rings. The van der Waals surface area contributed by atoms with E-state index in [4.69, 9.17) is 0 Å². The second kappa shape index (κ2) is 7.67. The molecule has 1 unspecified atom stereocenters. The molecule has 1 saturated heterocycles. The van der Waals surface area contributed by atoms with Gasteiger partial charge < -0.3 is 10.2 Å². The number of nitrogens with one attached hydrogen (secondary N) is 1. The van der Waals surface area contributed by atoms with E-state index in [0.717, 1.165) is 24.4 Å². The first-order valence-electron chi connectivity index (χ1n) is 5.92. The van der Waals surface area contributed by atoms with Crippen LogP contribution in [0.5, 0.6) is 0 Å². The minimum atomic E-state index is 0. The van der Waals surface area contributed by atoms with Gasteiger partial charge in [0.1, 0.15) is 0 Å². The zero-order chi connectivity index (χ0) is 12.1. The highest BCUT2D eigenvalue weighted by Gasteiger charge is 2.24. The van der Waals surface area contributed by atoms with Crippen LogP contribution in [0.4, 0.5) is 0 Å². The van der Waals surface area contributed by atoms with E-state index in [1.54, 1.807) is 11.8 Å². The molecule has 18 heavy (non-hydrogen) atoms. The number of benzene rings is 1. The van der Waals surface area contributed by atoms with E-state index in [0.29, 0.717) is 11.8 Å². The molecule has 0 aromatic heterocycles. The average molecular weight is 287 g/mol. The van der Waals surface area contributed by atoms with E-state index in [1.165, 1.54) is 0 Å². The van der Waals surface area contributed by atoms with Crippen molar-refractivity contribution in [2.45, 2.75) is 17.4 Å². The predicted octanol–water partition coefficient (Wildman–Crippen LogP) is 2.02. The van der Waals surface area contributed by atoms with Gasteiger partial charge >= 0.3 is 0 Å². The van der Waals surface area contributed by atoms with Crippen LogP contribution in [-0.4, -0.2) is 42.7 Å². The molecular formula is C13H19ClN2OS. The Morgan fingerprint density at radius 2 is 2.17 bits per heavy atom. The van der Waals surface area contributed by atoms with E-state index < -0.39 is 0 Å². The van der Waals surface area contributed by atoms with Crippen LogP contribution in [-0.2, 0) is 4.79 Å². The standard InChI is InChI=1S/C13H18N2OS.ClH/c1-14-11-7-8-15(9-11)13(16)10-17-12-5-3-2-4-6-12;/h2-6,11,14H,7-10H2,1H3;1H. The lowest BCUT2D eigenvalue weighted by molar-refractivity contribution is -0.127. The van der Waals surface area contributed by atoms with Gasteiger partial charge in [0.2, 0.25) is 5.91 Å². The highest BCUT2D eigenvalue weighted by molar-refractivity contribution is 8.00. The van der Waals surface area contributed by atoms with E-state index in [2.05, 4.69) is 5.32 Å². The molecule has 1 aliphatic rings. The van der Waals surface area contributed by atoms with Crippen molar-refractivity contribution in [3.63, 3.8) is 0 Å². The van der Waals surface area contributed by atoms with Crippen molar-refractivity contribution in [2.24, 2.45) is 0 Å². The topological polar surface area (TPSA) is 32.3 Å². The quantitative estimate of drug-likeness (QED) is 0.860. The number of thioether (sulfide) groups is 1. The zero-order valence-corrected chi connectivity index (χ0v) is 12.1. The van der Waals surface area contributed by atoms with Gasteiger partial charge in [0, 0.05) is 24.0 Å². The molecule has 1 atom stereocenters. The Hall–Kier alpha value is -0.710.